The van der Waals surface area contributed by atoms with E-state index in [1.165, 1.54) is 13.8 Å². The fourth-order valence-corrected chi connectivity index (χ4v) is 6.29. The van der Waals surface area contributed by atoms with Gasteiger partial charge in [0.1, 0.15) is 85.5 Å². The van der Waals surface area contributed by atoms with E-state index >= 15 is 0 Å². The van der Waals surface area contributed by atoms with E-state index in [9.17, 15) is 71.5 Å². The first kappa shape index (κ1) is 35.1. The maximum absolute atomic E-state index is 12.6. The smallest absolute Gasteiger partial charge is 0.190 e. The van der Waals surface area contributed by atoms with E-state index in [-0.39, 0.29) is 0 Å². The maximum Gasteiger partial charge on any atom is 0.190 e. The van der Waals surface area contributed by atoms with Crippen molar-refractivity contribution in [2.45, 2.75) is 135 Å². The fourth-order valence-electron chi connectivity index (χ4n) is 6.29. The minimum absolute atomic E-state index is 0.908. The summed E-state index contributed by atoms with van der Waals surface area (Å²) in [5.74, 6) is 0. The Labute approximate surface area is 244 Å². The summed E-state index contributed by atoms with van der Waals surface area (Å²) in [5, 5.41) is 150. The van der Waals surface area contributed by atoms with Crippen LogP contribution in [0.2, 0.25) is 0 Å². The highest BCUT2D eigenvalue weighted by molar-refractivity contribution is 5.23. The van der Waals surface area contributed by atoms with Crippen molar-refractivity contribution >= 4 is 0 Å². The molecule has 0 bridgehead atoms. The molecule has 3 unspecified atom stereocenters. The van der Waals surface area contributed by atoms with Crippen LogP contribution in [0.1, 0.15) is 13.8 Å². The van der Waals surface area contributed by atoms with Crippen molar-refractivity contribution in [1.29, 1.82) is 0 Å². The first-order chi connectivity index (χ1) is 20.0. The molecule has 4 aliphatic rings. The average molecular weight is 635 g/mol. The predicted molar refractivity (Wildman–Crippen MR) is 131 cm³/mol. The molecule has 0 aliphatic carbocycles. The van der Waals surface area contributed by atoms with Gasteiger partial charge >= 0.3 is 0 Å². The van der Waals surface area contributed by atoms with Gasteiger partial charge in [-0.05, 0) is 13.8 Å². The number of ether oxygens (including phenoxy) is 5. The van der Waals surface area contributed by atoms with Gasteiger partial charge in [-0.15, -0.1) is 0 Å². The number of hydrogen-bond acceptors (Lipinski definition) is 19. The second kappa shape index (κ2) is 12.8. The van der Waals surface area contributed by atoms with Crippen molar-refractivity contribution in [1.82, 2.24) is 0 Å². The standard InChI is InChI=1S/C24H42O19/c1-5-9(27)12(30)15(33)19(39-5)23(37)18(43-21-17(35)14(32)11(29)7(3-25)41-21)8(4-26)42-22(36)24(23,38)20-16(34)13(31)10(28)6(2)40-20/h5-22,25-38H,3-4H2,1-2H3/t5-,6-,7+,8+,9+,10+,11-,12+,13+,14-,15-,16-,17+,18+,19?,20?,21-,22?,23+,24-/m0/s1. The zero-order valence-electron chi connectivity index (χ0n) is 23.1. The first-order valence-electron chi connectivity index (χ1n) is 13.7. The predicted octanol–water partition coefficient (Wildman–Crippen LogP) is -8.92. The van der Waals surface area contributed by atoms with E-state index in [1.807, 2.05) is 0 Å². The van der Waals surface area contributed by atoms with E-state index in [2.05, 4.69) is 0 Å². The molecule has 0 aromatic heterocycles. The molecule has 14 N–H and O–H groups in total. The summed E-state index contributed by atoms with van der Waals surface area (Å²) in [4.78, 5) is 0. The third kappa shape index (κ3) is 5.42. The lowest BCUT2D eigenvalue weighted by molar-refractivity contribution is -0.447. The molecule has 19 heteroatoms. The minimum atomic E-state index is -3.47. The lowest BCUT2D eigenvalue weighted by Gasteiger charge is -2.63. The van der Waals surface area contributed by atoms with Crippen LogP contribution in [0.15, 0.2) is 0 Å². The third-order valence-electron chi connectivity index (χ3n) is 8.97. The second-order valence-electron chi connectivity index (χ2n) is 11.6. The topological polar surface area (TPSA) is 329 Å². The zero-order valence-corrected chi connectivity index (χ0v) is 23.1. The number of hydrogen-bond donors (Lipinski definition) is 14. The second-order valence-corrected chi connectivity index (χ2v) is 11.6. The summed E-state index contributed by atoms with van der Waals surface area (Å²) in [6, 6.07) is 0. The van der Waals surface area contributed by atoms with Crippen LogP contribution in [0.25, 0.3) is 0 Å². The molecule has 0 aromatic rings. The van der Waals surface area contributed by atoms with Gasteiger partial charge in [-0.3, -0.25) is 0 Å². The molecule has 20 atom stereocenters. The van der Waals surface area contributed by atoms with Crippen LogP contribution in [0, 0.1) is 0 Å². The third-order valence-corrected chi connectivity index (χ3v) is 8.97. The van der Waals surface area contributed by atoms with Crippen LogP contribution in [0.5, 0.6) is 0 Å². The van der Waals surface area contributed by atoms with E-state index in [0.717, 1.165) is 0 Å². The van der Waals surface area contributed by atoms with Gasteiger partial charge in [0.2, 0.25) is 0 Å². The van der Waals surface area contributed by atoms with Gasteiger partial charge in [0.25, 0.3) is 0 Å². The highest BCUT2D eigenvalue weighted by Crippen LogP contribution is 2.50. The minimum Gasteiger partial charge on any atom is -0.394 e. The number of rotatable bonds is 6. The molecule has 0 spiro atoms. The number of aliphatic hydroxyl groups is 14. The first-order valence-corrected chi connectivity index (χ1v) is 13.7. The molecule has 19 nitrogen and oxygen atoms in total. The summed E-state index contributed by atoms with van der Waals surface area (Å²) in [5.41, 5.74) is -6.90. The fraction of sp³-hybridized carbons (Fsp3) is 1.00. The average Bonchev–Trinajstić information content (AvgIpc) is 2.98. The molecule has 4 aliphatic heterocycles. The molecule has 4 rings (SSSR count). The molecule has 0 radical (unpaired) electrons. The molecule has 4 fully saturated rings. The summed E-state index contributed by atoms with van der Waals surface area (Å²) in [7, 11) is 0. The molecule has 4 saturated heterocycles. The molecule has 4 heterocycles. The largest absolute Gasteiger partial charge is 0.394 e. The molecule has 252 valence electrons. The Morgan fingerprint density at radius 1 is 0.512 bits per heavy atom. The quantitative estimate of drug-likeness (QED) is 0.129. The van der Waals surface area contributed by atoms with E-state index in [1.54, 1.807) is 0 Å². The molecule has 0 aromatic carbocycles. The monoisotopic (exact) mass is 634 g/mol. The Balaban J connectivity index is 1.89. The van der Waals surface area contributed by atoms with Crippen LogP contribution in [0.3, 0.4) is 0 Å². The molecular weight excluding hydrogens is 592 g/mol. The van der Waals surface area contributed by atoms with Gasteiger partial charge in [0.15, 0.2) is 23.8 Å². The van der Waals surface area contributed by atoms with Crippen molar-refractivity contribution in [2.75, 3.05) is 13.2 Å². The Kier molecular flexibility index (Phi) is 10.4. The zero-order chi connectivity index (χ0) is 32.3. The van der Waals surface area contributed by atoms with Crippen molar-refractivity contribution < 1.29 is 95.2 Å². The van der Waals surface area contributed by atoms with Crippen LogP contribution < -0.4 is 0 Å². The van der Waals surface area contributed by atoms with Gasteiger partial charge in [-0.25, -0.2) is 0 Å². The Hall–Kier alpha value is -0.760. The normalized spacial score (nSPS) is 58.3. The summed E-state index contributed by atoms with van der Waals surface area (Å²) in [6.07, 6.45) is -36.2. The molecule has 43 heavy (non-hydrogen) atoms. The summed E-state index contributed by atoms with van der Waals surface area (Å²) in [6.45, 7) is 0.370. The maximum atomic E-state index is 12.6. The van der Waals surface area contributed by atoms with Gasteiger partial charge in [-0.1, -0.05) is 0 Å². The van der Waals surface area contributed by atoms with Crippen LogP contribution in [-0.2, 0) is 23.7 Å². The summed E-state index contributed by atoms with van der Waals surface area (Å²) < 4.78 is 27.5. The van der Waals surface area contributed by atoms with Crippen molar-refractivity contribution in [3.05, 3.63) is 0 Å². The van der Waals surface area contributed by atoms with Crippen molar-refractivity contribution in [3.8, 4) is 0 Å². The highest BCUT2D eigenvalue weighted by Gasteiger charge is 2.76. The lowest BCUT2D eigenvalue weighted by atomic mass is 9.63. The Morgan fingerprint density at radius 2 is 0.953 bits per heavy atom. The molecule has 0 amide bonds. The van der Waals surface area contributed by atoms with Crippen molar-refractivity contribution in [2.24, 2.45) is 0 Å². The van der Waals surface area contributed by atoms with Crippen LogP contribution in [0.4, 0.5) is 0 Å². The van der Waals surface area contributed by atoms with E-state index < -0.39 is 135 Å². The van der Waals surface area contributed by atoms with Gasteiger partial charge in [0, 0.05) is 0 Å². The number of aliphatic hydroxyl groups excluding tert-OH is 12. The molecular formula is C24H42O19. The SMILES string of the molecule is C[C@@H]1OC([C@]2(O)C(O)O[C@H](CO)[C@@H](O[C@@H]3O[C@H](CO)[C@H](O)[C@H](O)[C@H]3O)[C@@]2(O)C2O[C@@H](C)[C@@H](O)[C@@H](O)[C@@H]2O)[C@@H](O)[C@H](O)[C@@H]1O. The van der Waals surface area contributed by atoms with Crippen molar-refractivity contribution in [3.63, 3.8) is 0 Å². The van der Waals surface area contributed by atoms with Gasteiger partial charge in [0.05, 0.1) is 25.4 Å². The van der Waals surface area contributed by atoms with E-state index in [0.29, 0.717) is 0 Å². The molecule has 0 saturated carbocycles. The summed E-state index contributed by atoms with van der Waals surface area (Å²) >= 11 is 0. The van der Waals surface area contributed by atoms with Gasteiger partial charge in [-0.2, -0.15) is 0 Å². The van der Waals surface area contributed by atoms with Gasteiger partial charge < -0.3 is 95.2 Å². The van der Waals surface area contributed by atoms with E-state index in [4.69, 9.17) is 23.7 Å². The highest BCUT2D eigenvalue weighted by atomic mass is 16.7. The lowest BCUT2D eigenvalue weighted by Crippen LogP contribution is -2.87. The Bertz CT molecular complexity index is 944. The Morgan fingerprint density at radius 3 is 1.42 bits per heavy atom. The van der Waals surface area contributed by atoms with Crippen LogP contribution >= 0.6 is 0 Å². The van der Waals surface area contributed by atoms with Crippen LogP contribution in [-0.4, -0.2) is 206 Å².